The van der Waals surface area contributed by atoms with Gasteiger partial charge in [-0.3, -0.25) is 4.90 Å². The summed E-state index contributed by atoms with van der Waals surface area (Å²) >= 11 is 0. The van der Waals surface area contributed by atoms with Gasteiger partial charge >= 0.3 is 12.1 Å². The first-order valence-corrected chi connectivity index (χ1v) is 11.9. The zero-order valence-corrected chi connectivity index (χ0v) is 19.2. The van der Waals surface area contributed by atoms with Gasteiger partial charge in [-0.1, -0.05) is 18.2 Å². The van der Waals surface area contributed by atoms with Crippen LogP contribution in [0.25, 0.3) is 10.9 Å². The van der Waals surface area contributed by atoms with Crippen molar-refractivity contribution in [1.82, 2.24) is 9.88 Å². The molecule has 4 nitrogen and oxygen atoms in total. The van der Waals surface area contributed by atoms with Crippen LogP contribution >= 0.6 is 0 Å². The highest BCUT2D eigenvalue weighted by molar-refractivity contribution is 5.88. The molecule has 1 aromatic heterocycles. The molecule has 2 atom stereocenters. The largest absolute Gasteiger partial charge is 0.478 e. The second kappa shape index (κ2) is 8.77. The lowest BCUT2D eigenvalue weighted by molar-refractivity contribution is -0.149. The molecular weight excluding hydrogens is 441 g/mol. The second-order valence-corrected chi connectivity index (χ2v) is 9.94. The quantitative estimate of drug-likeness (QED) is 0.447. The number of carboxylic acid groups (broad SMARTS) is 1. The molecule has 2 N–H and O–H groups in total. The average Bonchev–Trinajstić information content (AvgIpc) is 3.51. The lowest BCUT2D eigenvalue weighted by atomic mass is 9.75. The van der Waals surface area contributed by atoms with Crippen molar-refractivity contribution in [3.63, 3.8) is 0 Å². The fraction of sp³-hybridized carbons (Fsp3) is 0.444. The second-order valence-electron chi connectivity index (χ2n) is 9.94. The first-order valence-electron chi connectivity index (χ1n) is 11.9. The number of nitrogens with zero attached hydrogens (tertiary/aromatic N) is 1. The van der Waals surface area contributed by atoms with Crippen LogP contribution in [0.5, 0.6) is 0 Å². The lowest BCUT2D eigenvalue weighted by Crippen LogP contribution is -2.44. The first-order chi connectivity index (χ1) is 16.2. The van der Waals surface area contributed by atoms with Gasteiger partial charge in [0.05, 0.1) is 12.1 Å². The Bertz CT molecular complexity index is 1200. The fourth-order valence-corrected chi connectivity index (χ4v) is 5.70. The number of carbonyl (C=O) groups is 1. The van der Waals surface area contributed by atoms with Gasteiger partial charge in [0.15, 0.2) is 0 Å². The summed E-state index contributed by atoms with van der Waals surface area (Å²) in [5, 5.41) is 10.5. The van der Waals surface area contributed by atoms with Crippen molar-refractivity contribution < 1.29 is 23.1 Å². The highest BCUT2D eigenvalue weighted by Crippen LogP contribution is 2.46. The number of hydrogen-bond acceptors (Lipinski definition) is 2. The van der Waals surface area contributed by atoms with Crippen LogP contribution in [0.3, 0.4) is 0 Å². The van der Waals surface area contributed by atoms with Crippen LogP contribution in [-0.2, 0) is 6.42 Å². The Morgan fingerprint density at radius 1 is 1.15 bits per heavy atom. The summed E-state index contributed by atoms with van der Waals surface area (Å²) in [4.78, 5) is 16.2. The van der Waals surface area contributed by atoms with Crippen LogP contribution in [0.4, 0.5) is 13.2 Å². The minimum absolute atomic E-state index is 0.0960. The Labute approximate surface area is 196 Å². The normalized spacial score (nSPS) is 21.8. The first kappa shape index (κ1) is 23.0. The molecule has 180 valence electrons. The molecule has 2 aromatic carbocycles. The number of carboxylic acids is 1. The highest BCUT2D eigenvalue weighted by atomic mass is 19.4. The van der Waals surface area contributed by atoms with Crippen molar-refractivity contribution in [3.8, 4) is 0 Å². The topological polar surface area (TPSA) is 56.3 Å². The van der Waals surface area contributed by atoms with Crippen molar-refractivity contribution in [2.75, 3.05) is 19.6 Å². The summed E-state index contributed by atoms with van der Waals surface area (Å²) in [5.74, 6) is -0.347. The molecule has 5 rings (SSSR count). The van der Waals surface area contributed by atoms with Gasteiger partial charge in [-0.2, -0.15) is 13.2 Å². The van der Waals surface area contributed by atoms with Crippen molar-refractivity contribution in [2.24, 2.45) is 5.92 Å². The smallest absolute Gasteiger partial charge is 0.401 e. The minimum atomic E-state index is -4.24. The number of nitrogens with one attached hydrogen (secondary N) is 1. The Morgan fingerprint density at radius 2 is 1.88 bits per heavy atom. The number of benzene rings is 2. The molecule has 0 amide bonds. The zero-order valence-electron chi connectivity index (χ0n) is 19.2. The molecule has 0 unspecified atom stereocenters. The molecular formula is C27H29F3N2O2. The average molecular weight is 471 g/mol. The van der Waals surface area contributed by atoms with E-state index in [-0.39, 0.29) is 17.4 Å². The number of aromatic carboxylic acids is 1. The number of alkyl halides is 3. The van der Waals surface area contributed by atoms with E-state index < -0.39 is 18.7 Å². The standard InChI is InChI=1S/C27H29F3N2O2/c1-16-12-22(17-2-3-17)23(21-8-10-31-25(16)21)13-20-9-11-32(15-27(28,29)30)14-24(20)18-4-6-19(7-5-18)26(33)34/h4-8,10,12,17,20,24,31H,2-3,9,11,13-15H2,1H3,(H,33,34)/t20-,24-/m1/s1. The summed E-state index contributed by atoms with van der Waals surface area (Å²) < 4.78 is 39.5. The van der Waals surface area contributed by atoms with Crippen LogP contribution in [0.1, 0.15) is 63.7 Å². The summed E-state index contributed by atoms with van der Waals surface area (Å²) in [6.45, 7) is 1.94. The van der Waals surface area contributed by atoms with Crippen molar-refractivity contribution >= 4 is 16.9 Å². The van der Waals surface area contributed by atoms with Gasteiger partial charge in [0, 0.05) is 23.6 Å². The van der Waals surface area contributed by atoms with Crippen LogP contribution in [0.15, 0.2) is 42.6 Å². The zero-order chi connectivity index (χ0) is 24.0. The molecule has 7 heteroatoms. The third kappa shape index (κ3) is 4.71. The Morgan fingerprint density at radius 3 is 2.53 bits per heavy atom. The maximum Gasteiger partial charge on any atom is 0.401 e. The molecule has 0 radical (unpaired) electrons. The predicted octanol–water partition coefficient (Wildman–Crippen LogP) is 6.26. The number of rotatable bonds is 6. The molecule has 0 spiro atoms. The van der Waals surface area contributed by atoms with E-state index >= 15 is 0 Å². The minimum Gasteiger partial charge on any atom is -0.478 e. The summed E-state index contributed by atoms with van der Waals surface area (Å²) in [6, 6.07) is 11.1. The monoisotopic (exact) mass is 470 g/mol. The predicted molar refractivity (Wildman–Crippen MR) is 125 cm³/mol. The molecule has 3 aromatic rings. The van der Waals surface area contributed by atoms with Crippen molar-refractivity contribution in [1.29, 1.82) is 0 Å². The van der Waals surface area contributed by atoms with E-state index in [1.54, 1.807) is 24.3 Å². The van der Waals surface area contributed by atoms with Crippen molar-refractivity contribution in [3.05, 3.63) is 70.4 Å². The molecule has 34 heavy (non-hydrogen) atoms. The summed E-state index contributed by atoms with van der Waals surface area (Å²) in [6.07, 6.45) is 1.58. The van der Waals surface area contributed by atoms with Gasteiger partial charge in [0.25, 0.3) is 0 Å². The molecule has 1 saturated heterocycles. The number of likely N-dealkylation sites (tertiary alicyclic amines) is 1. The SMILES string of the molecule is Cc1cc(C2CC2)c(C[C@H]2CCN(CC(F)(F)F)C[C@@H]2c2ccc(C(=O)O)cc2)c2cc[nH]c12. The number of hydrogen-bond donors (Lipinski definition) is 2. The van der Waals surface area contributed by atoms with Crippen molar-refractivity contribution in [2.45, 2.75) is 50.6 Å². The van der Waals surface area contributed by atoms with Gasteiger partial charge in [0.2, 0.25) is 0 Å². The molecule has 1 aliphatic carbocycles. The number of aryl methyl sites for hydroxylation is 1. The number of aromatic amines is 1. The summed E-state index contributed by atoms with van der Waals surface area (Å²) in [5.41, 5.74) is 6.18. The summed E-state index contributed by atoms with van der Waals surface area (Å²) in [7, 11) is 0. The third-order valence-corrected chi connectivity index (χ3v) is 7.50. The van der Waals surface area contributed by atoms with E-state index in [9.17, 15) is 23.1 Å². The third-order valence-electron chi connectivity index (χ3n) is 7.50. The molecule has 1 aliphatic heterocycles. The van der Waals surface area contributed by atoms with Gasteiger partial charge in [-0.05, 0) is 97.4 Å². The van der Waals surface area contributed by atoms with E-state index in [4.69, 9.17) is 0 Å². The number of H-pyrrole nitrogens is 1. The van der Waals surface area contributed by atoms with E-state index in [1.165, 1.54) is 39.8 Å². The van der Waals surface area contributed by atoms with Gasteiger partial charge < -0.3 is 10.1 Å². The Hall–Kier alpha value is -2.80. The molecule has 1 saturated carbocycles. The van der Waals surface area contributed by atoms with Crippen LogP contribution < -0.4 is 0 Å². The van der Waals surface area contributed by atoms with Gasteiger partial charge in [-0.15, -0.1) is 0 Å². The molecule has 0 bridgehead atoms. The van der Waals surface area contributed by atoms with E-state index in [1.807, 2.05) is 6.20 Å². The Kier molecular flexibility index (Phi) is 5.92. The number of aromatic nitrogens is 1. The highest BCUT2D eigenvalue weighted by Gasteiger charge is 2.38. The molecule has 2 aliphatic rings. The maximum atomic E-state index is 13.2. The van der Waals surface area contributed by atoms with Gasteiger partial charge in [-0.25, -0.2) is 4.79 Å². The van der Waals surface area contributed by atoms with Crippen LogP contribution in [0, 0.1) is 12.8 Å². The van der Waals surface area contributed by atoms with Gasteiger partial charge in [0.1, 0.15) is 0 Å². The number of piperidine rings is 1. The number of halogens is 3. The van der Waals surface area contributed by atoms with Crippen LogP contribution in [0.2, 0.25) is 0 Å². The van der Waals surface area contributed by atoms with E-state index in [2.05, 4.69) is 24.0 Å². The molecule has 2 fully saturated rings. The number of fused-ring (bicyclic) bond motifs is 1. The van der Waals surface area contributed by atoms with Crippen LogP contribution in [-0.4, -0.2) is 46.8 Å². The molecule has 2 heterocycles. The fourth-order valence-electron chi connectivity index (χ4n) is 5.70. The van der Waals surface area contributed by atoms with E-state index in [0.717, 1.165) is 17.5 Å². The lowest BCUT2D eigenvalue weighted by Gasteiger charge is -2.39. The maximum absolute atomic E-state index is 13.2. The Balaban J connectivity index is 1.49. The van der Waals surface area contributed by atoms with E-state index in [0.29, 0.717) is 25.4 Å².